The quantitative estimate of drug-likeness (QED) is 0.567. The standard InChI is InChI=1S/C22H27ClN2O5S/c1-24(31(27,28)21-10-8-18(23)9-11-21)16-22(26)25(15-20-7-4-12-30-20)14-17-5-3-6-19(13-17)29-2/h3,5-6,8-11,13,20H,4,7,12,14-16H2,1-2H3. The van der Waals surface area contributed by atoms with E-state index in [1.807, 2.05) is 24.3 Å². The second-order valence-electron chi connectivity index (χ2n) is 7.48. The Balaban J connectivity index is 1.75. The predicted octanol–water partition coefficient (Wildman–Crippen LogP) is 3.18. The molecule has 1 atom stereocenters. The number of nitrogens with zero attached hydrogens (tertiary/aromatic N) is 2. The van der Waals surface area contributed by atoms with E-state index in [0.29, 0.717) is 30.5 Å². The summed E-state index contributed by atoms with van der Waals surface area (Å²) in [6, 6.07) is 13.4. The van der Waals surface area contributed by atoms with Crippen molar-refractivity contribution >= 4 is 27.5 Å². The molecular formula is C22H27ClN2O5S. The third-order valence-electron chi connectivity index (χ3n) is 5.19. The van der Waals surface area contributed by atoms with E-state index < -0.39 is 10.0 Å². The van der Waals surface area contributed by atoms with Crippen molar-refractivity contribution in [3.8, 4) is 5.75 Å². The number of sulfonamides is 1. The lowest BCUT2D eigenvalue weighted by Crippen LogP contribution is -2.43. The molecular weight excluding hydrogens is 440 g/mol. The minimum atomic E-state index is -3.82. The summed E-state index contributed by atoms with van der Waals surface area (Å²) in [7, 11) is -0.830. The Bertz CT molecular complexity index is 991. The van der Waals surface area contributed by atoms with E-state index in [1.165, 1.54) is 31.3 Å². The number of benzene rings is 2. The van der Waals surface area contributed by atoms with Gasteiger partial charge in [0.1, 0.15) is 5.75 Å². The highest BCUT2D eigenvalue weighted by Gasteiger charge is 2.28. The van der Waals surface area contributed by atoms with E-state index in [-0.39, 0.29) is 23.5 Å². The molecule has 0 bridgehead atoms. The van der Waals surface area contributed by atoms with Gasteiger partial charge in [0.2, 0.25) is 15.9 Å². The molecule has 1 amide bonds. The number of carbonyl (C=O) groups is 1. The molecule has 0 aliphatic carbocycles. The number of carbonyl (C=O) groups excluding carboxylic acids is 1. The number of hydrogen-bond donors (Lipinski definition) is 0. The molecule has 7 nitrogen and oxygen atoms in total. The molecule has 31 heavy (non-hydrogen) atoms. The van der Waals surface area contributed by atoms with Crippen LogP contribution in [0.2, 0.25) is 5.02 Å². The fourth-order valence-corrected chi connectivity index (χ4v) is 4.69. The van der Waals surface area contributed by atoms with Crippen molar-refractivity contribution < 1.29 is 22.7 Å². The van der Waals surface area contributed by atoms with Crippen LogP contribution in [0.5, 0.6) is 5.75 Å². The van der Waals surface area contributed by atoms with Crippen LogP contribution in [0.1, 0.15) is 18.4 Å². The summed E-state index contributed by atoms with van der Waals surface area (Å²) >= 11 is 5.86. The molecule has 1 unspecified atom stereocenters. The third kappa shape index (κ3) is 6.20. The van der Waals surface area contributed by atoms with E-state index >= 15 is 0 Å². The largest absolute Gasteiger partial charge is 0.497 e. The summed E-state index contributed by atoms with van der Waals surface area (Å²) in [5.74, 6) is 0.405. The fourth-order valence-electron chi connectivity index (χ4n) is 3.44. The maximum atomic E-state index is 13.1. The number of methoxy groups -OCH3 is 1. The van der Waals surface area contributed by atoms with Gasteiger partial charge in [-0.2, -0.15) is 4.31 Å². The number of likely N-dealkylation sites (N-methyl/N-ethyl adjacent to an activating group) is 1. The summed E-state index contributed by atoms with van der Waals surface area (Å²) in [4.78, 5) is 14.9. The monoisotopic (exact) mass is 466 g/mol. The molecule has 0 radical (unpaired) electrons. The zero-order valence-electron chi connectivity index (χ0n) is 17.7. The molecule has 0 N–H and O–H groups in total. The third-order valence-corrected chi connectivity index (χ3v) is 7.26. The van der Waals surface area contributed by atoms with Gasteiger partial charge in [-0.25, -0.2) is 8.42 Å². The normalized spacial score (nSPS) is 16.5. The van der Waals surface area contributed by atoms with E-state index in [4.69, 9.17) is 21.1 Å². The van der Waals surface area contributed by atoms with Crippen LogP contribution in [0.25, 0.3) is 0 Å². The summed E-state index contributed by atoms with van der Waals surface area (Å²) in [5.41, 5.74) is 0.897. The molecule has 2 aromatic carbocycles. The molecule has 1 saturated heterocycles. The van der Waals surface area contributed by atoms with Crippen LogP contribution >= 0.6 is 11.6 Å². The Morgan fingerprint density at radius 3 is 2.61 bits per heavy atom. The summed E-state index contributed by atoms with van der Waals surface area (Å²) in [6.07, 6.45) is 1.78. The molecule has 0 spiro atoms. The van der Waals surface area contributed by atoms with Gasteiger partial charge in [-0.1, -0.05) is 23.7 Å². The zero-order chi connectivity index (χ0) is 22.4. The number of rotatable bonds is 9. The van der Waals surface area contributed by atoms with E-state index in [1.54, 1.807) is 12.0 Å². The lowest BCUT2D eigenvalue weighted by Gasteiger charge is -2.28. The van der Waals surface area contributed by atoms with Crippen molar-refractivity contribution in [2.75, 3.05) is 33.9 Å². The summed E-state index contributed by atoms with van der Waals surface area (Å²) in [6.45, 7) is 1.15. The first kappa shape index (κ1) is 23.5. The first-order valence-corrected chi connectivity index (χ1v) is 11.9. The molecule has 1 aliphatic heterocycles. The van der Waals surface area contributed by atoms with Crippen molar-refractivity contribution in [1.82, 2.24) is 9.21 Å². The number of amides is 1. The van der Waals surface area contributed by atoms with Gasteiger partial charge in [-0.05, 0) is 54.8 Å². The molecule has 9 heteroatoms. The molecule has 0 aromatic heterocycles. The van der Waals surface area contributed by atoms with Crippen molar-refractivity contribution in [2.24, 2.45) is 0 Å². The van der Waals surface area contributed by atoms with Gasteiger partial charge < -0.3 is 14.4 Å². The molecule has 1 heterocycles. The minimum absolute atomic E-state index is 0.0484. The van der Waals surface area contributed by atoms with E-state index in [0.717, 1.165) is 22.7 Å². The lowest BCUT2D eigenvalue weighted by molar-refractivity contribution is -0.133. The lowest BCUT2D eigenvalue weighted by atomic mass is 10.1. The highest BCUT2D eigenvalue weighted by Crippen LogP contribution is 2.20. The molecule has 0 saturated carbocycles. The first-order valence-electron chi connectivity index (χ1n) is 10.0. The van der Waals surface area contributed by atoms with Crippen LogP contribution in [0.3, 0.4) is 0 Å². The summed E-state index contributed by atoms with van der Waals surface area (Å²) < 4.78 is 37.8. The Labute approximate surface area is 188 Å². The molecule has 1 fully saturated rings. The smallest absolute Gasteiger partial charge is 0.243 e. The molecule has 168 valence electrons. The Hall–Kier alpha value is -2.13. The summed E-state index contributed by atoms with van der Waals surface area (Å²) in [5, 5.41) is 0.443. The first-order chi connectivity index (χ1) is 14.8. The van der Waals surface area contributed by atoms with Gasteiger partial charge in [-0.15, -0.1) is 0 Å². The topological polar surface area (TPSA) is 76.2 Å². The second kappa shape index (κ2) is 10.5. The van der Waals surface area contributed by atoms with Crippen LogP contribution in [-0.2, 0) is 26.1 Å². The SMILES string of the molecule is COc1cccc(CN(CC2CCCO2)C(=O)CN(C)S(=O)(=O)c2ccc(Cl)cc2)c1. The average molecular weight is 467 g/mol. The highest BCUT2D eigenvalue weighted by molar-refractivity contribution is 7.89. The van der Waals surface area contributed by atoms with Gasteiger partial charge in [0.25, 0.3) is 0 Å². The Morgan fingerprint density at radius 2 is 1.97 bits per heavy atom. The van der Waals surface area contributed by atoms with Crippen molar-refractivity contribution in [3.05, 3.63) is 59.1 Å². The van der Waals surface area contributed by atoms with Crippen molar-refractivity contribution in [2.45, 2.75) is 30.4 Å². The van der Waals surface area contributed by atoms with Crippen molar-refractivity contribution in [3.63, 3.8) is 0 Å². The number of hydrogen-bond acceptors (Lipinski definition) is 5. The number of halogens is 1. The average Bonchev–Trinajstić information content (AvgIpc) is 3.27. The number of ether oxygens (including phenoxy) is 2. The Kier molecular flexibility index (Phi) is 7.94. The van der Waals surface area contributed by atoms with Crippen LogP contribution in [0.4, 0.5) is 0 Å². The van der Waals surface area contributed by atoms with Gasteiger partial charge in [0, 0.05) is 31.8 Å². The minimum Gasteiger partial charge on any atom is -0.497 e. The molecule has 3 rings (SSSR count). The van der Waals surface area contributed by atoms with Gasteiger partial charge >= 0.3 is 0 Å². The molecule has 1 aliphatic rings. The van der Waals surface area contributed by atoms with Crippen LogP contribution in [0, 0.1) is 0 Å². The van der Waals surface area contributed by atoms with Crippen LogP contribution < -0.4 is 4.74 Å². The predicted molar refractivity (Wildman–Crippen MR) is 119 cm³/mol. The molecule has 2 aromatic rings. The van der Waals surface area contributed by atoms with E-state index in [2.05, 4.69) is 0 Å². The maximum Gasteiger partial charge on any atom is 0.243 e. The van der Waals surface area contributed by atoms with E-state index in [9.17, 15) is 13.2 Å². The van der Waals surface area contributed by atoms with Gasteiger partial charge in [0.15, 0.2) is 0 Å². The fraction of sp³-hybridized carbons (Fsp3) is 0.409. The van der Waals surface area contributed by atoms with Crippen LogP contribution in [-0.4, -0.2) is 63.5 Å². The zero-order valence-corrected chi connectivity index (χ0v) is 19.2. The maximum absolute atomic E-state index is 13.1. The highest BCUT2D eigenvalue weighted by atomic mass is 35.5. The van der Waals surface area contributed by atoms with Gasteiger partial charge in [-0.3, -0.25) is 4.79 Å². The second-order valence-corrected chi connectivity index (χ2v) is 9.96. The van der Waals surface area contributed by atoms with Gasteiger partial charge in [0.05, 0.1) is 24.7 Å². The van der Waals surface area contributed by atoms with Crippen LogP contribution in [0.15, 0.2) is 53.4 Å². The van der Waals surface area contributed by atoms with Crippen molar-refractivity contribution in [1.29, 1.82) is 0 Å². The Morgan fingerprint density at radius 1 is 1.23 bits per heavy atom.